The summed E-state index contributed by atoms with van der Waals surface area (Å²) in [4.78, 5) is 32.1. The zero-order valence-electron chi connectivity index (χ0n) is 20.8. The monoisotopic (exact) mass is 521 g/mol. The van der Waals surface area contributed by atoms with Crippen LogP contribution in [0.3, 0.4) is 0 Å². The van der Waals surface area contributed by atoms with Gasteiger partial charge in [-0.25, -0.2) is 13.6 Å². The summed E-state index contributed by atoms with van der Waals surface area (Å²) in [5.41, 5.74) is 1.29. The molecule has 3 aromatic rings. The van der Waals surface area contributed by atoms with Crippen LogP contribution in [0.5, 0.6) is 5.75 Å². The number of carbonyl (C=O) groups is 2. The minimum absolute atomic E-state index is 0.147. The van der Waals surface area contributed by atoms with E-state index in [1.807, 2.05) is 26.8 Å². The molecule has 10 heteroatoms. The number of aromatic nitrogens is 1. The van der Waals surface area contributed by atoms with E-state index in [1.165, 1.54) is 42.5 Å². The molecule has 1 saturated heterocycles. The number of primary sulfonamides is 1. The number of sulfonamides is 1. The number of pyridine rings is 1. The zero-order valence-corrected chi connectivity index (χ0v) is 21.6. The zero-order chi connectivity index (χ0) is 27.1. The molecule has 0 bridgehead atoms. The lowest BCUT2D eigenvalue weighted by molar-refractivity contribution is -0.132. The number of benzene rings is 2. The first kappa shape index (κ1) is 26.1. The maximum absolute atomic E-state index is 13.4. The quantitative estimate of drug-likeness (QED) is 0.297. The molecule has 0 radical (unpaired) electrons. The van der Waals surface area contributed by atoms with Crippen molar-refractivity contribution < 1.29 is 27.9 Å². The maximum atomic E-state index is 13.4. The molecule has 1 amide bonds. The number of rotatable bonds is 5. The van der Waals surface area contributed by atoms with E-state index in [1.54, 1.807) is 30.3 Å². The van der Waals surface area contributed by atoms with Crippen LogP contribution in [0.25, 0.3) is 5.76 Å². The third-order valence-corrected chi connectivity index (χ3v) is 7.11. The lowest BCUT2D eigenvalue weighted by atomic mass is 9.85. The van der Waals surface area contributed by atoms with Crippen LogP contribution in [-0.4, -0.2) is 37.3 Å². The molecule has 0 aliphatic carbocycles. The summed E-state index contributed by atoms with van der Waals surface area (Å²) in [7, 11) is -2.51. The van der Waals surface area contributed by atoms with Crippen molar-refractivity contribution in [3.05, 3.63) is 89.3 Å². The maximum Gasteiger partial charge on any atom is 0.300 e. The molecular weight excluding hydrogens is 494 g/mol. The van der Waals surface area contributed by atoms with Gasteiger partial charge in [-0.1, -0.05) is 32.9 Å². The van der Waals surface area contributed by atoms with Crippen LogP contribution in [0.15, 0.2) is 77.3 Å². The second-order valence-corrected chi connectivity index (χ2v) is 11.2. The number of hydrogen-bond donors (Lipinski definition) is 2. The van der Waals surface area contributed by atoms with Gasteiger partial charge in [0.25, 0.3) is 11.7 Å². The molecule has 37 heavy (non-hydrogen) atoms. The Kier molecular flexibility index (Phi) is 6.66. The van der Waals surface area contributed by atoms with Gasteiger partial charge >= 0.3 is 0 Å². The van der Waals surface area contributed by atoms with E-state index in [0.29, 0.717) is 11.4 Å². The first-order valence-corrected chi connectivity index (χ1v) is 12.9. The molecule has 1 atom stereocenters. The van der Waals surface area contributed by atoms with Crippen LogP contribution in [0.1, 0.15) is 43.6 Å². The van der Waals surface area contributed by atoms with Gasteiger partial charge in [-0.2, -0.15) is 0 Å². The third-order valence-electron chi connectivity index (χ3n) is 6.18. The number of amides is 1. The van der Waals surface area contributed by atoms with Gasteiger partial charge < -0.3 is 9.84 Å². The van der Waals surface area contributed by atoms with Gasteiger partial charge in [0.15, 0.2) is 0 Å². The Morgan fingerprint density at radius 1 is 1.05 bits per heavy atom. The van der Waals surface area contributed by atoms with E-state index < -0.39 is 33.5 Å². The van der Waals surface area contributed by atoms with E-state index in [2.05, 4.69) is 4.98 Å². The number of ether oxygens (including phenoxy) is 1. The Morgan fingerprint density at radius 3 is 2.27 bits per heavy atom. The summed E-state index contributed by atoms with van der Waals surface area (Å²) in [6, 6.07) is 14.5. The number of methoxy groups -OCH3 is 1. The molecule has 2 aromatic carbocycles. The average molecular weight is 522 g/mol. The van der Waals surface area contributed by atoms with Gasteiger partial charge in [0.05, 0.1) is 28.8 Å². The average Bonchev–Trinajstić information content (AvgIpc) is 3.13. The molecule has 1 aromatic heterocycles. The van der Waals surface area contributed by atoms with Gasteiger partial charge in [-0.05, 0) is 59.5 Å². The highest BCUT2D eigenvalue weighted by Gasteiger charge is 2.48. The second kappa shape index (κ2) is 9.45. The van der Waals surface area contributed by atoms with Crippen molar-refractivity contribution in [2.24, 2.45) is 5.14 Å². The Hall–Kier alpha value is -4.02. The Labute approximate surface area is 215 Å². The van der Waals surface area contributed by atoms with Gasteiger partial charge in [0, 0.05) is 11.9 Å². The van der Waals surface area contributed by atoms with Gasteiger partial charge in [0.2, 0.25) is 10.0 Å². The number of ketones is 1. The van der Waals surface area contributed by atoms with Gasteiger partial charge in [0.1, 0.15) is 17.6 Å². The van der Waals surface area contributed by atoms with E-state index in [0.717, 1.165) is 5.56 Å². The molecule has 3 N–H and O–H groups in total. The SMILES string of the molecule is COc1ccc(C(C)(C)C)cc1/C(O)=C1\C(=O)C(=O)N(c2ccc(S(N)(=O)=O)cc2)C1c1ccccn1. The normalized spacial score (nSPS) is 17.8. The molecule has 1 unspecified atom stereocenters. The Bertz CT molecular complexity index is 1510. The number of aliphatic hydroxyl groups excluding tert-OH is 1. The molecule has 1 fully saturated rings. The lowest BCUT2D eigenvalue weighted by Gasteiger charge is -2.25. The van der Waals surface area contributed by atoms with E-state index in [9.17, 15) is 23.1 Å². The molecule has 1 aliphatic rings. The van der Waals surface area contributed by atoms with Gasteiger partial charge in [-0.3, -0.25) is 19.5 Å². The van der Waals surface area contributed by atoms with Crippen LogP contribution in [-0.2, 0) is 25.0 Å². The van der Waals surface area contributed by atoms with Gasteiger partial charge in [-0.15, -0.1) is 0 Å². The van der Waals surface area contributed by atoms with E-state index in [-0.39, 0.29) is 27.1 Å². The predicted molar refractivity (Wildman–Crippen MR) is 139 cm³/mol. The summed E-state index contributed by atoms with van der Waals surface area (Å²) >= 11 is 0. The summed E-state index contributed by atoms with van der Waals surface area (Å²) in [6.45, 7) is 6.03. The summed E-state index contributed by atoms with van der Waals surface area (Å²) < 4.78 is 28.9. The topological polar surface area (TPSA) is 140 Å². The van der Waals surface area contributed by atoms with Crippen LogP contribution < -0.4 is 14.8 Å². The number of hydrogen-bond acceptors (Lipinski definition) is 7. The standard InChI is InChI=1S/C27H27N3O6S/c1-27(2,3)16-8-13-21(36-4)19(15-16)24(31)22-23(20-7-5-6-14-29-20)30(26(33)25(22)32)17-9-11-18(12-10-17)37(28,34)35/h5-15,23,31H,1-4H3,(H2,28,34,35)/b24-22+. The minimum atomic E-state index is -3.96. The molecule has 9 nitrogen and oxygen atoms in total. The van der Waals surface area contributed by atoms with E-state index >= 15 is 0 Å². The van der Waals surface area contributed by atoms with Crippen molar-refractivity contribution in [1.29, 1.82) is 0 Å². The number of carbonyl (C=O) groups excluding carboxylic acids is 2. The number of Topliss-reactive ketones (excluding diaryl/α,β-unsaturated/α-hetero) is 1. The highest BCUT2D eigenvalue weighted by Crippen LogP contribution is 2.43. The Balaban J connectivity index is 1.96. The highest BCUT2D eigenvalue weighted by atomic mass is 32.2. The fourth-order valence-electron chi connectivity index (χ4n) is 4.22. The second-order valence-electron chi connectivity index (χ2n) is 9.63. The van der Waals surface area contributed by atoms with Crippen molar-refractivity contribution >= 4 is 33.2 Å². The molecule has 4 rings (SSSR count). The number of nitrogens with zero attached hydrogens (tertiary/aromatic N) is 2. The summed E-state index contributed by atoms with van der Waals surface area (Å²) in [5, 5.41) is 16.7. The smallest absolute Gasteiger partial charge is 0.300 e. The van der Waals surface area contributed by atoms with Crippen molar-refractivity contribution in [3.8, 4) is 5.75 Å². The number of aliphatic hydroxyl groups is 1. The first-order chi connectivity index (χ1) is 17.3. The number of anilines is 1. The van der Waals surface area contributed by atoms with Crippen molar-refractivity contribution in [2.45, 2.75) is 37.1 Å². The van der Waals surface area contributed by atoms with Crippen LogP contribution in [0, 0.1) is 0 Å². The van der Waals surface area contributed by atoms with E-state index in [4.69, 9.17) is 9.88 Å². The molecular formula is C27H27N3O6S. The Morgan fingerprint density at radius 2 is 1.73 bits per heavy atom. The molecule has 192 valence electrons. The first-order valence-electron chi connectivity index (χ1n) is 11.4. The minimum Gasteiger partial charge on any atom is -0.507 e. The van der Waals surface area contributed by atoms with Crippen molar-refractivity contribution in [2.75, 3.05) is 12.0 Å². The largest absolute Gasteiger partial charge is 0.507 e. The summed E-state index contributed by atoms with van der Waals surface area (Å²) in [6.07, 6.45) is 1.51. The lowest BCUT2D eigenvalue weighted by Crippen LogP contribution is -2.29. The fourth-order valence-corrected chi connectivity index (χ4v) is 4.73. The van der Waals surface area contributed by atoms with Crippen LogP contribution >= 0.6 is 0 Å². The molecule has 1 aliphatic heterocycles. The molecule has 0 saturated carbocycles. The van der Waals surface area contributed by atoms with Crippen LogP contribution in [0.4, 0.5) is 5.69 Å². The fraction of sp³-hybridized carbons (Fsp3) is 0.222. The van der Waals surface area contributed by atoms with Crippen molar-refractivity contribution in [3.63, 3.8) is 0 Å². The summed E-state index contributed by atoms with van der Waals surface area (Å²) in [5.74, 6) is -1.88. The third kappa shape index (κ3) is 4.85. The van der Waals surface area contributed by atoms with Crippen molar-refractivity contribution in [1.82, 2.24) is 4.98 Å². The highest BCUT2D eigenvalue weighted by molar-refractivity contribution is 7.89. The molecule has 0 spiro atoms. The van der Waals surface area contributed by atoms with Crippen LogP contribution in [0.2, 0.25) is 0 Å². The predicted octanol–water partition coefficient (Wildman–Crippen LogP) is 3.66. The number of nitrogens with two attached hydrogens (primary N) is 1. The molecule has 2 heterocycles.